The predicted octanol–water partition coefficient (Wildman–Crippen LogP) is 0.496. The lowest BCUT2D eigenvalue weighted by molar-refractivity contribution is -0.117. The second-order valence-electron chi connectivity index (χ2n) is 6.06. The first-order valence-electron chi connectivity index (χ1n) is 6.64. The first-order valence-corrected chi connectivity index (χ1v) is 6.64. The van der Waals surface area contributed by atoms with Crippen molar-refractivity contribution in [1.29, 1.82) is 0 Å². The Morgan fingerprint density at radius 2 is 1.94 bits per heavy atom. The molecular formula is C13H24N2O2. The van der Waals surface area contributed by atoms with E-state index in [0.29, 0.717) is 11.8 Å². The Kier molecular flexibility index (Phi) is 3.85. The number of ketones is 1. The van der Waals surface area contributed by atoms with E-state index in [9.17, 15) is 9.90 Å². The van der Waals surface area contributed by atoms with E-state index in [0.717, 1.165) is 52.0 Å². The van der Waals surface area contributed by atoms with Crippen LogP contribution in [0.1, 0.15) is 33.1 Å². The summed E-state index contributed by atoms with van der Waals surface area (Å²) >= 11 is 0. The standard InChI is InChI=1S/C13H24N2O2/c1-13(2,17)10-14-5-7-15(8-6-14)11-3-4-12(16)9-11/h11,17H,3-10H2,1-2H3. The van der Waals surface area contributed by atoms with Crippen molar-refractivity contribution in [3.63, 3.8) is 0 Å². The molecule has 0 aromatic heterocycles. The van der Waals surface area contributed by atoms with Crippen LogP contribution in [0.25, 0.3) is 0 Å². The predicted molar refractivity (Wildman–Crippen MR) is 67.0 cm³/mol. The molecule has 2 aliphatic rings. The number of carbonyl (C=O) groups excluding carboxylic acids is 1. The quantitative estimate of drug-likeness (QED) is 0.780. The van der Waals surface area contributed by atoms with Crippen molar-refractivity contribution in [3.05, 3.63) is 0 Å². The molecule has 1 saturated heterocycles. The van der Waals surface area contributed by atoms with Gasteiger partial charge < -0.3 is 5.11 Å². The number of carbonyl (C=O) groups is 1. The van der Waals surface area contributed by atoms with Crippen LogP contribution in [0.3, 0.4) is 0 Å². The molecule has 1 N–H and O–H groups in total. The molecule has 0 amide bonds. The van der Waals surface area contributed by atoms with E-state index in [1.807, 2.05) is 13.8 Å². The summed E-state index contributed by atoms with van der Waals surface area (Å²) in [6, 6.07) is 0.492. The number of Topliss-reactive ketones (excluding diaryl/α,β-unsaturated/α-hetero) is 1. The fourth-order valence-corrected chi connectivity index (χ4v) is 2.94. The minimum Gasteiger partial charge on any atom is -0.389 e. The summed E-state index contributed by atoms with van der Waals surface area (Å²) in [5.41, 5.74) is -0.606. The third-order valence-corrected chi connectivity index (χ3v) is 3.75. The summed E-state index contributed by atoms with van der Waals surface area (Å²) < 4.78 is 0. The van der Waals surface area contributed by atoms with E-state index in [1.54, 1.807) is 0 Å². The molecule has 4 heteroatoms. The van der Waals surface area contributed by atoms with Gasteiger partial charge in [-0.25, -0.2) is 0 Å². The molecule has 1 heterocycles. The van der Waals surface area contributed by atoms with E-state index in [-0.39, 0.29) is 0 Å². The Labute approximate surface area is 104 Å². The van der Waals surface area contributed by atoms with E-state index in [4.69, 9.17) is 0 Å². The van der Waals surface area contributed by atoms with Gasteiger partial charge in [0.15, 0.2) is 0 Å². The molecule has 0 spiro atoms. The Morgan fingerprint density at radius 1 is 1.29 bits per heavy atom. The number of hydrogen-bond acceptors (Lipinski definition) is 4. The SMILES string of the molecule is CC(C)(O)CN1CCN(C2CCC(=O)C2)CC1. The lowest BCUT2D eigenvalue weighted by atomic mass is 10.1. The lowest BCUT2D eigenvalue weighted by Gasteiger charge is -2.39. The highest BCUT2D eigenvalue weighted by molar-refractivity contribution is 5.81. The fraction of sp³-hybridized carbons (Fsp3) is 0.923. The first kappa shape index (κ1) is 13.0. The molecule has 4 nitrogen and oxygen atoms in total. The van der Waals surface area contributed by atoms with Crippen molar-refractivity contribution in [1.82, 2.24) is 9.80 Å². The molecular weight excluding hydrogens is 216 g/mol. The van der Waals surface area contributed by atoms with Crippen LogP contribution < -0.4 is 0 Å². The summed E-state index contributed by atoms with van der Waals surface area (Å²) in [5, 5.41) is 9.78. The topological polar surface area (TPSA) is 43.8 Å². The number of rotatable bonds is 3. The zero-order chi connectivity index (χ0) is 12.5. The van der Waals surface area contributed by atoms with Crippen LogP contribution in [0.15, 0.2) is 0 Å². The highest BCUT2D eigenvalue weighted by Gasteiger charge is 2.30. The van der Waals surface area contributed by atoms with Gasteiger partial charge >= 0.3 is 0 Å². The maximum absolute atomic E-state index is 11.3. The van der Waals surface area contributed by atoms with Crippen LogP contribution in [0.4, 0.5) is 0 Å². The second kappa shape index (κ2) is 5.04. The number of nitrogens with zero attached hydrogens (tertiary/aromatic N) is 2. The van der Waals surface area contributed by atoms with Crippen LogP contribution in [0, 0.1) is 0 Å². The molecule has 0 aromatic rings. The molecule has 1 atom stereocenters. The van der Waals surface area contributed by atoms with Gasteiger partial charge in [0.2, 0.25) is 0 Å². The minimum atomic E-state index is -0.606. The third-order valence-electron chi connectivity index (χ3n) is 3.75. The van der Waals surface area contributed by atoms with E-state index in [1.165, 1.54) is 0 Å². The molecule has 1 saturated carbocycles. The highest BCUT2D eigenvalue weighted by atomic mass is 16.3. The first-order chi connectivity index (χ1) is 7.94. The summed E-state index contributed by atoms with van der Waals surface area (Å²) in [4.78, 5) is 16.0. The summed E-state index contributed by atoms with van der Waals surface area (Å²) in [5.74, 6) is 0.425. The van der Waals surface area contributed by atoms with Crippen molar-refractivity contribution in [3.8, 4) is 0 Å². The number of β-amino-alcohol motifs (C(OH)–C–C–N with tert-alkyl or cyclic N) is 1. The van der Waals surface area contributed by atoms with Crippen molar-refractivity contribution < 1.29 is 9.90 Å². The highest BCUT2D eigenvalue weighted by Crippen LogP contribution is 2.22. The Bertz CT molecular complexity index is 278. The van der Waals surface area contributed by atoms with Gasteiger partial charge in [-0.3, -0.25) is 14.6 Å². The van der Waals surface area contributed by atoms with Crippen LogP contribution >= 0.6 is 0 Å². The summed E-state index contributed by atoms with van der Waals surface area (Å²) in [6.45, 7) is 8.54. The van der Waals surface area contributed by atoms with Gasteiger partial charge in [0.25, 0.3) is 0 Å². The summed E-state index contributed by atoms with van der Waals surface area (Å²) in [7, 11) is 0. The Hall–Kier alpha value is -0.450. The third kappa shape index (κ3) is 3.76. The largest absolute Gasteiger partial charge is 0.389 e. The van der Waals surface area contributed by atoms with Crippen LogP contribution in [0.5, 0.6) is 0 Å². The second-order valence-corrected chi connectivity index (χ2v) is 6.06. The van der Waals surface area contributed by atoms with E-state index in [2.05, 4.69) is 9.80 Å². The molecule has 1 aliphatic carbocycles. The van der Waals surface area contributed by atoms with E-state index < -0.39 is 5.60 Å². The van der Waals surface area contributed by atoms with Crippen molar-refractivity contribution >= 4 is 5.78 Å². The molecule has 17 heavy (non-hydrogen) atoms. The van der Waals surface area contributed by atoms with Gasteiger partial charge in [0, 0.05) is 51.6 Å². The monoisotopic (exact) mass is 240 g/mol. The zero-order valence-electron chi connectivity index (χ0n) is 11.0. The molecule has 1 aliphatic heterocycles. The summed E-state index contributed by atoms with van der Waals surface area (Å²) in [6.07, 6.45) is 2.57. The van der Waals surface area contributed by atoms with E-state index >= 15 is 0 Å². The zero-order valence-corrected chi connectivity index (χ0v) is 11.0. The maximum Gasteiger partial charge on any atom is 0.134 e. The van der Waals surface area contributed by atoms with Gasteiger partial charge in [0.05, 0.1) is 5.60 Å². The molecule has 0 bridgehead atoms. The normalized spacial score (nSPS) is 28.9. The molecule has 2 fully saturated rings. The van der Waals surface area contributed by atoms with Crippen molar-refractivity contribution in [2.75, 3.05) is 32.7 Å². The van der Waals surface area contributed by atoms with Gasteiger partial charge in [-0.1, -0.05) is 0 Å². The van der Waals surface area contributed by atoms with Crippen LogP contribution in [0.2, 0.25) is 0 Å². The van der Waals surface area contributed by atoms with Crippen molar-refractivity contribution in [2.45, 2.75) is 44.8 Å². The molecule has 98 valence electrons. The average Bonchev–Trinajstić information content (AvgIpc) is 2.63. The van der Waals surface area contributed by atoms with Gasteiger partial charge in [0.1, 0.15) is 5.78 Å². The molecule has 2 rings (SSSR count). The van der Waals surface area contributed by atoms with Crippen LogP contribution in [-0.4, -0.2) is 65.1 Å². The molecule has 0 radical (unpaired) electrons. The molecule has 0 aromatic carbocycles. The average molecular weight is 240 g/mol. The van der Waals surface area contributed by atoms with Gasteiger partial charge in [-0.05, 0) is 20.3 Å². The Morgan fingerprint density at radius 3 is 2.41 bits per heavy atom. The van der Waals surface area contributed by atoms with Gasteiger partial charge in [-0.2, -0.15) is 0 Å². The maximum atomic E-state index is 11.3. The number of aliphatic hydroxyl groups is 1. The number of hydrogen-bond donors (Lipinski definition) is 1. The van der Waals surface area contributed by atoms with Gasteiger partial charge in [-0.15, -0.1) is 0 Å². The molecule has 1 unspecified atom stereocenters. The van der Waals surface area contributed by atoms with Crippen LogP contribution in [-0.2, 0) is 4.79 Å². The minimum absolute atomic E-state index is 0.425. The Balaban J connectivity index is 1.76. The number of piperazine rings is 1. The smallest absolute Gasteiger partial charge is 0.134 e. The fourth-order valence-electron chi connectivity index (χ4n) is 2.94. The van der Waals surface area contributed by atoms with Crippen molar-refractivity contribution in [2.24, 2.45) is 0 Å². The lowest BCUT2D eigenvalue weighted by Crippen LogP contribution is -2.52.